The van der Waals surface area contributed by atoms with Crippen molar-refractivity contribution in [1.29, 1.82) is 0 Å². The van der Waals surface area contributed by atoms with Crippen LogP contribution in [-0.4, -0.2) is 39.8 Å². The molecule has 0 atom stereocenters. The molecular formula is C16H27N3O. The molecule has 0 spiro atoms. The quantitative estimate of drug-likeness (QED) is 0.455. The van der Waals surface area contributed by atoms with Crippen LogP contribution >= 0.6 is 0 Å². The first kappa shape index (κ1) is 16.5. The van der Waals surface area contributed by atoms with E-state index in [-0.39, 0.29) is 5.41 Å². The maximum absolute atomic E-state index is 5.02. The van der Waals surface area contributed by atoms with Crippen molar-refractivity contribution < 1.29 is 4.74 Å². The van der Waals surface area contributed by atoms with Crippen LogP contribution in [-0.2, 0) is 11.2 Å². The van der Waals surface area contributed by atoms with E-state index in [1.54, 1.807) is 14.2 Å². The molecule has 0 aliphatic heterocycles. The zero-order valence-corrected chi connectivity index (χ0v) is 13.1. The fourth-order valence-corrected chi connectivity index (χ4v) is 2.03. The van der Waals surface area contributed by atoms with Crippen LogP contribution in [0, 0.1) is 5.41 Å². The molecule has 0 saturated heterocycles. The van der Waals surface area contributed by atoms with E-state index in [2.05, 4.69) is 59.8 Å². The Balaban J connectivity index is 2.41. The van der Waals surface area contributed by atoms with Crippen molar-refractivity contribution in [2.75, 3.05) is 33.9 Å². The maximum Gasteiger partial charge on any atom is 0.191 e. The van der Waals surface area contributed by atoms with Crippen molar-refractivity contribution in [1.82, 2.24) is 10.6 Å². The van der Waals surface area contributed by atoms with Gasteiger partial charge in [-0.25, -0.2) is 0 Å². The van der Waals surface area contributed by atoms with Crippen LogP contribution in [0.15, 0.2) is 35.3 Å². The monoisotopic (exact) mass is 277 g/mol. The Morgan fingerprint density at radius 2 is 1.90 bits per heavy atom. The van der Waals surface area contributed by atoms with Crippen molar-refractivity contribution >= 4 is 5.96 Å². The van der Waals surface area contributed by atoms with E-state index in [1.807, 2.05) is 0 Å². The van der Waals surface area contributed by atoms with Gasteiger partial charge < -0.3 is 15.4 Å². The molecule has 20 heavy (non-hydrogen) atoms. The molecule has 0 fully saturated rings. The number of rotatable bonds is 7. The molecule has 0 saturated carbocycles. The largest absolute Gasteiger partial charge is 0.383 e. The van der Waals surface area contributed by atoms with Gasteiger partial charge in [-0.3, -0.25) is 4.99 Å². The first-order valence-electron chi connectivity index (χ1n) is 7.05. The Morgan fingerprint density at radius 3 is 2.50 bits per heavy atom. The summed E-state index contributed by atoms with van der Waals surface area (Å²) in [6.45, 7) is 6.82. The lowest BCUT2D eigenvalue weighted by Crippen LogP contribution is -2.43. The van der Waals surface area contributed by atoms with Crippen LogP contribution < -0.4 is 10.6 Å². The van der Waals surface area contributed by atoms with Crippen LogP contribution in [0.5, 0.6) is 0 Å². The number of guanidine groups is 1. The topological polar surface area (TPSA) is 45.7 Å². The minimum atomic E-state index is 0.167. The zero-order chi connectivity index (χ0) is 14.8. The molecule has 0 bridgehead atoms. The molecule has 1 rings (SSSR count). The Hall–Kier alpha value is -1.55. The Labute approximate surface area is 122 Å². The highest BCUT2D eigenvalue weighted by atomic mass is 16.5. The van der Waals surface area contributed by atoms with Crippen LogP contribution in [0.25, 0.3) is 0 Å². The molecule has 0 unspecified atom stereocenters. The first-order valence-corrected chi connectivity index (χ1v) is 7.05. The smallest absolute Gasteiger partial charge is 0.191 e. The fourth-order valence-electron chi connectivity index (χ4n) is 2.03. The molecule has 0 amide bonds. The molecule has 112 valence electrons. The van der Waals surface area contributed by atoms with Gasteiger partial charge in [-0.1, -0.05) is 44.2 Å². The standard InChI is InChI=1S/C16H27N3O/c1-16(2,12-14-8-6-5-7-9-14)13-19-15(17-3)18-10-11-20-4/h5-9H,10-13H2,1-4H3,(H2,17,18,19). The maximum atomic E-state index is 5.02. The van der Waals surface area contributed by atoms with Crippen molar-refractivity contribution in [2.45, 2.75) is 20.3 Å². The average molecular weight is 277 g/mol. The third kappa shape index (κ3) is 6.57. The van der Waals surface area contributed by atoms with Gasteiger partial charge in [0.15, 0.2) is 5.96 Å². The van der Waals surface area contributed by atoms with Gasteiger partial charge in [-0.2, -0.15) is 0 Å². The van der Waals surface area contributed by atoms with E-state index in [4.69, 9.17) is 4.74 Å². The number of hydrogen-bond acceptors (Lipinski definition) is 2. The molecule has 0 aliphatic rings. The summed E-state index contributed by atoms with van der Waals surface area (Å²) in [5, 5.41) is 6.59. The number of nitrogens with one attached hydrogen (secondary N) is 2. The predicted octanol–water partition coefficient (Wildman–Crippen LogP) is 2.07. The molecular weight excluding hydrogens is 250 g/mol. The average Bonchev–Trinajstić information content (AvgIpc) is 2.43. The highest BCUT2D eigenvalue weighted by Gasteiger charge is 2.18. The van der Waals surface area contributed by atoms with Gasteiger partial charge in [-0.15, -0.1) is 0 Å². The third-order valence-corrected chi connectivity index (χ3v) is 3.08. The van der Waals surface area contributed by atoms with Crippen LogP contribution in [0.1, 0.15) is 19.4 Å². The minimum Gasteiger partial charge on any atom is -0.383 e. The number of aliphatic imine (C=N–C) groups is 1. The van der Waals surface area contributed by atoms with Crippen molar-refractivity contribution in [3.8, 4) is 0 Å². The molecule has 0 aliphatic carbocycles. The van der Waals surface area contributed by atoms with E-state index in [0.717, 1.165) is 25.5 Å². The van der Waals surface area contributed by atoms with E-state index in [0.29, 0.717) is 6.61 Å². The Bertz CT molecular complexity index is 401. The van der Waals surface area contributed by atoms with Crippen LogP contribution in [0.2, 0.25) is 0 Å². The normalized spacial score (nSPS) is 12.3. The summed E-state index contributed by atoms with van der Waals surface area (Å²) >= 11 is 0. The molecule has 2 N–H and O–H groups in total. The van der Waals surface area contributed by atoms with Gasteiger partial charge in [0.05, 0.1) is 6.61 Å². The highest BCUT2D eigenvalue weighted by molar-refractivity contribution is 5.79. The second-order valence-electron chi connectivity index (χ2n) is 5.67. The van der Waals surface area contributed by atoms with Crippen molar-refractivity contribution in [3.05, 3.63) is 35.9 Å². The third-order valence-electron chi connectivity index (χ3n) is 3.08. The molecule has 0 aromatic heterocycles. The van der Waals surface area contributed by atoms with Crippen LogP contribution in [0.3, 0.4) is 0 Å². The summed E-state index contributed by atoms with van der Waals surface area (Å²) in [5.41, 5.74) is 1.53. The molecule has 0 radical (unpaired) electrons. The van der Waals surface area contributed by atoms with Crippen molar-refractivity contribution in [3.63, 3.8) is 0 Å². The second-order valence-corrected chi connectivity index (χ2v) is 5.67. The number of ether oxygens (including phenoxy) is 1. The molecule has 0 heterocycles. The minimum absolute atomic E-state index is 0.167. The predicted molar refractivity (Wildman–Crippen MR) is 85.2 cm³/mol. The highest BCUT2D eigenvalue weighted by Crippen LogP contribution is 2.20. The van der Waals surface area contributed by atoms with Gasteiger partial charge in [-0.05, 0) is 17.4 Å². The summed E-state index contributed by atoms with van der Waals surface area (Å²) in [6, 6.07) is 10.6. The molecule has 4 heteroatoms. The number of nitrogens with zero attached hydrogens (tertiary/aromatic N) is 1. The van der Waals surface area contributed by atoms with Gasteiger partial charge in [0.2, 0.25) is 0 Å². The van der Waals surface area contributed by atoms with E-state index < -0.39 is 0 Å². The summed E-state index contributed by atoms with van der Waals surface area (Å²) in [4.78, 5) is 4.21. The lowest BCUT2D eigenvalue weighted by atomic mass is 9.86. The van der Waals surface area contributed by atoms with E-state index >= 15 is 0 Å². The van der Waals surface area contributed by atoms with Crippen LogP contribution in [0.4, 0.5) is 0 Å². The Kier molecular flexibility index (Phi) is 7.09. The van der Waals surface area contributed by atoms with E-state index in [9.17, 15) is 0 Å². The summed E-state index contributed by atoms with van der Waals surface area (Å²) in [7, 11) is 3.48. The zero-order valence-electron chi connectivity index (χ0n) is 13.1. The Morgan fingerprint density at radius 1 is 1.20 bits per heavy atom. The summed E-state index contributed by atoms with van der Waals surface area (Å²) in [6.07, 6.45) is 1.04. The first-order chi connectivity index (χ1) is 9.57. The SMILES string of the molecule is CN=C(NCCOC)NCC(C)(C)Cc1ccccc1. The van der Waals surface area contributed by atoms with E-state index in [1.165, 1.54) is 5.56 Å². The lowest BCUT2D eigenvalue weighted by molar-refractivity contribution is 0.203. The van der Waals surface area contributed by atoms with Gasteiger partial charge in [0, 0.05) is 27.2 Å². The fraction of sp³-hybridized carbons (Fsp3) is 0.562. The number of methoxy groups -OCH3 is 1. The molecule has 1 aromatic rings. The lowest BCUT2D eigenvalue weighted by Gasteiger charge is -2.26. The number of hydrogen-bond donors (Lipinski definition) is 2. The summed E-state index contributed by atoms with van der Waals surface area (Å²) in [5.74, 6) is 0.822. The summed E-state index contributed by atoms with van der Waals surface area (Å²) < 4.78 is 5.02. The van der Waals surface area contributed by atoms with Gasteiger partial charge in [0.25, 0.3) is 0 Å². The molecule has 1 aromatic carbocycles. The van der Waals surface area contributed by atoms with Gasteiger partial charge in [0.1, 0.15) is 0 Å². The second kappa shape index (κ2) is 8.59. The number of benzene rings is 1. The van der Waals surface area contributed by atoms with Crippen molar-refractivity contribution in [2.24, 2.45) is 10.4 Å². The molecule has 4 nitrogen and oxygen atoms in total. The van der Waals surface area contributed by atoms with Gasteiger partial charge >= 0.3 is 0 Å².